The van der Waals surface area contributed by atoms with Gasteiger partial charge in [0.25, 0.3) is 0 Å². The lowest BCUT2D eigenvalue weighted by molar-refractivity contribution is 0.204. The van der Waals surface area contributed by atoms with Crippen molar-refractivity contribution in [2.45, 2.75) is 32.2 Å². The van der Waals surface area contributed by atoms with E-state index < -0.39 is 10.0 Å². The molecule has 0 saturated carbocycles. The Labute approximate surface area is 128 Å². The van der Waals surface area contributed by atoms with Gasteiger partial charge in [-0.1, -0.05) is 32.9 Å². The van der Waals surface area contributed by atoms with Gasteiger partial charge in [0, 0.05) is 26.7 Å². The van der Waals surface area contributed by atoms with E-state index in [4.69, 9.17) is 4.74 Å². The van der Waals surface area contributed by atoms with Crippen molar-refractivity contribution < 1.29 is 13.2 Å². The summed E-state index contributed by atoms with van der Waals surface area (Å²) in [5, 5.41) is 3.36. The fourth-order valence-corrected chi connectivity index (χ4v) is 2.74. The van der Waals surface area contributed by atoms with E-state index in [1.807, 2.05) is 12.1 Å². The van der Waals surface area contributed by atoms with E-state index in [1.165, 1.54) is 7.11 Å². The second-order valence-electron chi connectivity index (χ2n) is 6.20. The van der Waals surface area contributed by atoms with Crippen LogP contribution in [0, 0.1) is 5.41 Å². The fraction of sp³-hybridized carbons (Fsp3) is 0.600. The summed E-state index contributed by atoms with van der Waals surface area (Å²) in [6.07, 6.45) is 0. The molecule has 1 aromatic rings. The summed E-state index contributed by atoms with van der Waals surface area (Å²) in [5.41, 5.74) is 1.30. The maximum absolute atomic E-state index is 12.0. The minimum absolute atomic E-state index is 0.231. The van der Waals surface area contributed by atoms with Crippen LogP contribution in [0.2, 0.25) is 0 Å². The third-order valence-electron chi connectivity index (χ3n) is 2.82. The van der Waals surface area contributed by atoms with E-state index in [-0.39, 0.29) is 16.9 Å². The van der Waals surface area contributed by atoms with Crippen LogP contribution in [0.4, 0.5) is 0 Å². The van der Waals surface area contributed by atoms with Crippen molar-refractivity contribution >= 4 is 10.0 Å². The van der Waals surface area contributed by atoms with Crippen molar-refractivity contribution in [3.63, 3.8) is 0 Å². The third kappa shape index (κ3) is 7.04. The number of nitrogens with one attached hydrogen (secondary N) is 2. The minimum atomic E-state index is -3.44. The average Bonchev–Trinajstić information content (AvgIpc) is 2.38. The average molecular weight is 314 g/mol. The number of sulfonamides is 1. The molecule has 0 spiro atoms. The molecule has 5 nitrogen and oxygen atoms in total. The molecule has 0 aliphatic carbocycles. The normalized spacial score (nSPS) is 12.6. The topological polar surface area (TPSA) is 67.4 Å². The molecule has 1 rings (SSSR count). The maximum atomic E-state index is 12.0. The molecular formula is C15H26N2O3S. The first-order chi connectivity index (χ1) is 9.74. The second kappa shape index (κ2) is 7.89. The van der Waals surface area contributed by atoms with Gasteiger partial charge in [-0.2, -0.15) is 0 Å². The highest BCUT2D eigenvalue weighted by atomic mass is 32.2. The molecule has 6 heteroatoms. The van der Waals surface area contributed by atoms with Gasteiger partial charge in [-0.3, -0.25) is 0 Å². The Morgan fingerprint density at radius 2 is 1.76 bits per heavy atom. The van der Waals surface area contributed by atoms with Gasteiger partial charge in [0.1, 0.15) is 0 Å². The van der Waals surface area contributed by atoms with Crippen molar-refractivity contribution in [2.75, 3.05) is 26.8 Å². The SMILES string of the molecule is COCCNS(=O)(=O)c1ccc(CNCC(C)(C)C)cc1. The van der Waals surface area contributed by atoms with Crippen molar-refractivity contribution in [3.05, 3.63) is 29.8 Å². The van der Waals surface area contributed by atoms with Crippen molar-refractivity contribution in [3.8, 4) is 0 Å². The summed E-state index contributed by atoms with van der Waals surface area (Å²) in [4.78, 5) is 0.276. The van der Waals surface area contributed by atoms with Gasteiger partial charge < -0.3 is 10.1 Å². The zero-order valence-corrected chi connectivity index (χ0v) is 14.1. The third-order valence-corrected chi connectivity index (χ3v) is 4.29. The first kappa shape index (κ1) is 18.1. The Bertz CT molecular complexity index is 519. The van der Waals surface area contributed by atoms with Crippen LogP contribution < -0.4 is 10.0 Å². The van der Waals surface area contributed by atoms with Crippen molar-refractivity contribution in [1.29, 1.82) is 0 Å². The quantitative estimate of drug-likeness (QED) is 0.717. The van der Waals surface area contributed by atoms with E-state index in [0.717, 1.165) is 18.7 Å². The predicted octanol–water partition coefficient (Wildman–Crippen LogP) is 1.75. The molecule has 120 valence electrons. The standard InChI is InChI=1S/C15H26N2O3S/c1-15(2,3)12-16-11-13-5-7-14(8-6-13)21(18,19)17-9-10-20-4/h5-8,16-17H,9-12H2,1-4H3. The molecule has 0 radical (unpaired) electrons. The Hall–Kier alpha value is -0.950. The molecular weight excluding hydrogens is 288 g/mol. The fourth-order valence-electron chi connectivity index (χ4n) is 1.73. The minimum Gasteiger partial charge on any atom is -0.383 e. The molecule has 0 bridgehead atoms. The Balaban J connectivity index is 2.57. The lowest BCUT2D eigenvalue weighted by Gasteiger charge is -2.18. The van der Waals surface area contributed by atoms with E-state index >= 15 is 0 Å². The van der Waals surface area contributed by atoms with Crippen LogP contribution in [-0.4, -0.2) is 35.2 Å². The molecule has 0 aromatic heterocycles. The molecule has 0 atom stereocenters. The number of hydrogen-bond acceptors (Lipinski definition) is 4. The lowest BCUT2D eigenvalue weighted by atomic mass is 9.97. The molecule has 0 aliphatic heterocycles. The maximum Gasteiger partial charge on any atom is 0.240 e. The van der Waals surface area contributed by atoms with Gasteiger partial charge in [0.15, 0.2) is 0 Å². The largest absolute Gasteiger partial charge is 0.383 e. The number of methoxy groups -OCH3 is 1. The van der Waals surface area contributed by atoms with Crippen molar-refractivity contribution in [1.82, 2.24) is 10.0 Å². The van der Waals surface area contributed by atoms with Crippen LogP contribution in [-0.2, 0) is 21.3 Å². The lowest BCUT2D eigenvalue weighted by Crippen LogP contribution is -2.27. The Kier molecular flexibility index (Phi) is 6.80. The first-order valence-corrected chi connectivity index (χ1v) is 8.51. The monoisotopic (exact) mass is 314 g/mol. The predicted molar refractivity (Wildman–Crippen MR) is 84.7 cm³/mol. The van der Waals surface area contributed by atoms with Crippen LogP contribution in [0.1, 0.15) is 26.3 Å². The summed E-state index contributed by atoms with van der Waals surface area (Å²) in [5.74, 6) is 0. The van der Waals surface area contributed by atoms with Gasteiger partial charge >= 0.3 is 0 Å². The van der Waals surface area contributed by atoms with Gasteiger partial charge in [0.05, 0.1) is 11.5 Å². The van der Waals surface area contributed by atoms with Crippen LogP contribution in [0.25, 0.3) is 0 Å². The van der Waals surface area contributed by atoms with E-state index in [0.29, 0.717) is 6.61 Å². The number of hydrogen-bond donors (Lipinski definition) is 2. The second-order valence-corrected chi connectivity index (χ2v) is 7.97. The van der Waals surface area contributed by atoms with Crippen LogP contribution >= 0.6 is 0 Å². The van der Waals surface area contributed by atoms with Gasteiger partial charge in [-0.15, -0.1) is 0 Å². The number of rotatable bonds is 8. The highest BCUT2D eigenvalue weighted by Gasteiger charge is 2.13. The molecule has 0 fully saturated rings. The van der Waals surface area contributed by atoms with Gasteiger partial charge in [-0.25, -0.2) is 13.1 Å². The molecule has 2 N–H and O–H groups in total. The molecule has 1 aromatic carbocycles. The van der Waals surface area contributed by atoms with E-state index in [9.17, 15) is 8.42 Å². The zero-order valence-electron chi connectivity index (χ0n) is 13.3. The molecule has 0 heterocycles. The number of benzene rings is 1. The number of ether oxygens (including phenoxy) is 1. The molecule has 0 amide bonds. The first-order valence-electron chi connectivity index (χ1n) is 7.03. The van der Waals surface area contributed by atoms with Crippen LogP contribution in [0.5, 0.6) is 0 Å². The molecule has 0 saturated heterocycles. The van der Waals surface area contributed by atoms with E-state index in [2.05, 4.69) is 30.8 Å². The highest BCUT2D eigenvalue weighted by molar-refractivity contribution is 7.89. The summed E-state index contributed by atoms with van der Waals surface area (Å²) >= 11 is 0. The molecule has 0 aliphatic rings. The molecule has 0 unspecified atom stereocenters. The molecule has 21 heavy (non-hydrogen) atoms. The summed E-state index contributed by atoms with van der Waals surface area (Å²) < 4.78 is 31.3. The Morgan fingerprint density at radius 3 is 2.29 bits per heavy atom. The summed E-state index contributed by atoms with van der Waals surface area (Å²) in [6.45, 7) is 8.77. The zero-order chi connectivity index (χ0) is 15.9. The summed E-state index contributed by atoms with van der Waals surface area (Å²) in [6, 6.07) is 6.92. The van der Waals surface area contributed by atoms with Crippen LogP contribution in [0.15, 0.2) is 29.2 Å². The smallest absolute Gasteiger partial charge is 0.240 e. The Morgan fingerprint density at radius 1 is 1.14 bits per heavy atom. The van der Waals surface area contributed by atoms with E-state index in [1.54, 1.807) is 12.1 Å². The van der Waals surface area contributed by atoms with Gasteiger partial charge in [0.2, 0.25) is 10.0 Å². The highest BCUT2D eigenvalue weighted by Crippen LogP contribution is 2.12. The van der Waals surface area contributed by atoms with Crippen molar-refractivity contribution in [2.24, 2.45) is 5.41 Å². The van der Waals surface area contributed by atoms with Crippen LogP contribution in [0.3, 0.4) is 0 Å². The summed E-state index contributed by atoms with van der Waals surface area (Å²) in [7, 11) is -1.91. The van der Waals surface area contributed by atoms with Gasteiger partial charge in [-0.05, 0) is 23.1 Å².